The van der Waals surface area contributed by atoms with E-state index in [1.54, 1.807) is 6.92 Å². The smallest absolute Gasteiger partial charge is 0.319 e. The van der Waals surface area contributed by atoms with Crippen LogP contribution in [0.1, 0.15) is 20.8 Å². The lowest BCUT2D eigenvalue weighted by atomic mass is 10.3. The van der Waals surface area contributed by atoms with Gasteiger partial charge in [0.15, 0.2) is 0 Å². The standard InChI is InChI=1S/C11H18BrNO3S/c1-7(2)13-10(14)9(4)17-6-5-16-11(15)8(3)12/h4,7-9H,5-6H2,1-3H3,(H,13,14). The topological polar surface area (TPSA) is 55.4 Å². The Balaban J connectivity index is 3.68. The largest absolute Gasteiger partial charge is 0.464 e. The van der Waals surface area contributed by atoms with E-state index < -0.39 is 5.25 Å². The molecule has 0 aliphatic rings. The first-order chi connectivity index (χ1) is 7.84. The van der Waals surface area contributed by atoms with E-state index in [0.717, 1.165) is 0 Å². The summed E-state index contributed by atoms with van der Waals surface area (Å²) in [5, 5.41) is 2.08. The van der Waals surface area contributed by atoms with Gasteiger partial charge in [0.1, 0.15) is 11.4 Å². The van der Waals surface area contributed by atoms with E-state index in [2.05, 4.69) is 21.2 Å². The van der Waals surface area contributed by atoms with Crippen molar-refractivity contribution in [2.75, 3.05) is 12.4 Å². The Bertz CT molecular complexity index is 259. The van der Waals surface area contributed by atoms with Gasteiger partial charge < -0.3 is 10.1 Å². The van der Waals surface area contributed by atoms with Crippen LogP contribution in [0.5, 0.6) is 0 Å². The van der Waals surface area contributed by atoms with Gasteiger partial charge in [-0.05, 0) is 27.7 Å². The summed E-state index contributed by atoms with van der Waals surface area (Å²) in [5.41, 5.74) is 0. The lowest BCUT2D eigenvalue weighted by Crippen LogP contribution is -2.36. The molecule has 0 fully saturated rings. The fourth-order valence-corrected chi connectivity index (χ4v) is 1.66. The fraction of sp³-hybridized carbons (Fsp3) is 0.727. The maximum Gasteiger partial charge on any atom is 0.319 e. The zero-order valence-corrected chi connectivity index (χ0v) is 12.6. The Morgan fingerprint density at radius 3 is 2.47 bits per heavy atom. The number of alkyl halides is 1. The van der Waals surface area contributed by atoms with Crippen LogP contribution in [-0.4, -0.2) is 40.4 Å². The van der Waals surface area contributed by atoms with Gasteiger partial charge in [0.05, 0.1) is 5.25 Å². The van der Waals surface area contributed by atoms with E-state index in [0.29, 0.717) is 5.75 Å². The number of hydrogen-bond acceptors (Lipinski definition) is 4. The normalized spacial score (nSPS) is 14.2. The quantitative estimate of drug-likeness (QED) is 0.440. The van der Waals surface area contributed by atoms with Crippen molar-refractivity contribution in [2.24, 2.45) is 0 Å². The molecule has 0 spiro atoms. The Morgan fingerprint density at radius 2 is 2.00 bits per heavy atom. The third-order valence-electron chi connectivity index (χ3n) is 1.64. The number of carbonyl (C=O) groups is 2. The van der Waals surface area contributed by atoms with Crippen molar-refractivity contribution in [2.45, 2.75) is 36.9 Å². The molecule has 0 aromatic rings. The molecule has 1 N–H and O–H groups in total. The average Bonchev–Trinajstić information content (AvgIpc) is 2.22. The first-order valence-corrected chi connectivity index (χ1v) is 7.29. The van der Waals surface area contributed by atoms with Crippen molar-refractivity contribution >= 4 is 39.6 Å². The van der Waals surface area contributed by atoms with E-state index in [4.69, 9.17) is 11.7 Å². The molecule has 17 heavy (non-hydrogen) atoms. The van der Waals surface area contributed by atoms with Gasteiger partial charge in [-0.25, -0.2) is 0 Å². The number of amides is 1. The number of rotatable bonds is 7. The molecule has 0 heterocycles. The zero-order chi connectivity index (χ0) is 13.4. The Kier molecular flexibility index (Phi) is 8.68. The van der Waals surface area contributed by atoms with E-state index >= 15 is 0 Å². The van der Waals surface area contributed by atoms with Crippen LogP contribution in [0.15, 0.2) is 0 Å². The van der Waals surface area contributed by atoms with Crippen LogP contribution < -0.4 is 5.32 Å². The second-order valence-corrected chi connectivity index (χ2v) is 6.36. The molecule has 0 saturated carbocycles. The minimum absolute atomic E-state index is 0.0706. The summed E-state index contributed by atoms with van der Waals surface area (Å²) in [4.78, 5) is 22.2. The third-order valence-corrected chi connectivity index (χ3v) is 2.99. The second-order valence-electron chi connectivity index (χ2n) is 3.74. The molecule has 0 aromatic heterocycles. The second kappa shape index (κ2) is 8.80. The molecule has 0 aliphatic heterocycles. The molecule has 2 atom stereocenters. The maximum absolute atomic E-state index is 11.4. The van der Waals surface area contributed by atoms with Crippen molar-refractivity contribution in [3.05, 3.63) is 6.92 Å². The van der Waals surface area contributed by atoms with Crippen molar-refractivity contribution < 1.29 is 14.3 Å². The predicted octanol–water partition coefficient (Wildman–Crippen LogP) is 1.65. The monoisotopic (exact) mass is 323 g/mol. The third kappa shape index (κ3) is 8.49. The van der Waals surface area contributed by atoms with E-state index in [-0.39, 0.29) is 29.4 Å². The number of carbonyl (C=O) groups excluding carboxylic acids is 2. The summed E-state index contributed by atoms with van der Waals surface area (Å²) < 4.78 is 4.92. The van der Waals surface area contributed by atoms with Crippen LogP contribution in [0, 0.1) is 6.92 Å². The summed E-state index contributed by atoms with van der Waals surface area (Å²) in [5.74, 6) is -0.0194. The van der Waals surface area contributed by atoms with Crippen LogP contribution in [0.4, 0.5) is 0 Å². The molecule has 2 unspecified atom stereocenters. The first kappa shape index (κ1) is 16.8. The number of nitrogens with one attached hydrogen (secondary N) is 1. The number of halogens is 1. The van der Waals surface area contributed by atoms with Gasteiger partial charge in [-0.1, -0.05) is 15.9 Å². The SMILES string of the molecule is [CH]C(SCCOC(=O)C(C)Br)C(=O)NC(C)C. The number of esters is 1. The average molecular weight is 324 g/mol. The van der Waals surface area contributed by atoms with E-state index in [9.17, 15) is 9.59 Å². The van der Waals surface area contributed by atoms with Crippen LogP contribution in [0.3, 0.4) is 0 Å². The maximum atomic E-state index is 11.4. The number of ether oxygens (including phenoxy) is 1. The van der Waals surface area contributed by atoms with Crippen LogP contribution >= 0.6 is 27.7 Å². The first-order valence-electron chi connectivity index (χ1n) is 5.33. The highest BCUT2D eigenvalue weighted by molar-refractivity contribution is 9.10. The van der Waals surface area contributed by atoms with Gasteiger partial charge in [0, 0.05) is 11.8 Å². The molecule has 2 radical (unpaired) electrons. The van der Waals surface area contributed by atoms with Crippen LogP contribution in [-0.2, 0) is 14.3 Å². The zero-order valence-electron chi connectivity index (χ0n) is 10.2. The minimum Gasteiger partial charge on any atom is -0.464 e. The summed E-state index contributed by atoms with van der Waals surface area (Å²) in [7, 11) is 0. The van der Waals surface area contributed by atoms with Gasteiger partial charge in [0.25, 0.3) is 0 Å². The van der Waals surface area contributed by atoms with Gasteiger partial charge in [-0.2, -0.15) is 0 Å². The molecule has 0 saturated heterocycles. The molecule has 0 aromatic carbocycles. The lowest BCUT2D eigenvalue weighted by Gasteiger charge is -2.14. The minimum atomic E-state index is -0.627. The lowest BCUT2D eigenvalue weighted by molar-refractivity contribution is -0.141. The molecule has 1 amide bonds. The molecule has 0 rings (SSSR count). The van der Waals surface area contributed by atoms with Crippen molar-refractivity contribution in [1.82, 2.24) is 5.32 Å². The highest BCUT2D eigenvalue weighted by Crippen LogP contribution is 2.10. The molecular formula is C11H18BrNO3S. The van der Waals surface area contributed by atoms with Gasteiger partial charge in [-0.3, -0.25) is 9.59 Å². The molecule has 0 bridgehead atoms. The molecule has 98 valence electrons. The van der Waals surface area contributed by atoms with Crippen LogP contribution in [0.25, 0.3) is 0 Å². The Hall–Kier alpha value is -0.230. The van der Waals surface area contributed by atoms with Gasteiger partial charge in [0.2, 0.25) is 5.91 Å². The summed E-state index contributed by atoms with van der Waals surface area (Å²) in [6, 6.07) is 0.0706. The Labute approximate surface area is 115 Å². The Morgan fingerprint density at radius 1 is 1.41 bits per heavy atom. The molecule has 6 heteroatoms. The summed E-state index contributed by atoms with van der Waals surface area (Å²) >= 11 is 4.35. The number of thioether (sulfide) groups is 1. The van der Waals surface area contributed by atoms with Crippen molar-refractivity contribution in [1.29, 1.82) is 0 Å². The highest BCUT2D eigenvalue weighted by Gasteiger charge is 2.15. The van der Waals surface area contributed by atoms with Gasteiger partial charge >= 0.3 is 5.97 Å². The highest BCUT2D eigenvalue weighted by atomic mass is 79.9. The van der Waals surface area contributed by atoms with Gasteiger partial charge in [-0.15, -0.1) is 11.8 Å². The van der Waals surface area contributed by atoms with E-state index in [1.165, 1.54) is 11.8 Å². The summed E-state index contributed by atoms with van der Waals surface area (Å²) in [6.45, 7) is 11.3. The molecular weight excluding hydrogens is 306 g/mol. The van der Waals surface area contributed by atoms with Crippen LogP contribution in [0.2, 0.25) is 0 Å². The van der Waals surface area contributed by atoms with Crippen molar-refractivity contribution in [3.8, 4) is 0 Å². The predicted molar refractivity (Wildman–Crippen MR) is 73.2 cm³/mol. The van der Waals surface area contributed by atoms with Crippen molar-refractivity contribution in [3.63, 3.8) is 0 Å². The van der Waals surface area contributed by atoms with E-state index in [1.807, 2.05) is 13.8 Å². The summed E-state index contributed by atoms with van der Waals surface area (Å²) in [6.07, 6.45) is 0. The number of hydrogen-bond donors (Lipinski definition) is 1. The fourth-order valence-electron chi connectivity index (χ4n) is 0.875. The molecule has 0 aliphatic carbocycles. The molecule has 4 nitrogen and oxygen atoms in total.